The number of nitriles is 1. The van der Waals surface area contributed by atoms with Crippen LogP contribution in [0.2, 0.25) is 0 Å². The predicted octanol–water partition coefficient (Wildman–Crippen LogP) is 0.679. The fourth-order valence-corrected chi connectivity index (χ4v) is 2.28. The lowest BCUT2D eigenvalue weighted by Gasteiger charge is -2.17. The molecule has 0 saturated heterocycles. The second-order valence-electron chi connectivity index (χ2n) is 2.88. The zero-order chi connectivity index (χ0) is 12.9. The molecule has 0 saturated carbocycles. The second-order valence-corrected chi connectivity index (χ2v) is 4.63. The summed E-state index contributed by atoms with van der Waals surface area (Å²) in [5, 5.41) is 8.46. The van der Waals surface area contributed by atoms with Crippen molar-refractivity contribution < 1.29 is 18.0 Å². The quantitative estimate of drug-likeness (QED) is 0.582. The lowest BCUT2D eigenvalue weighted by Crippen LogP contribution is -2.36. The fourth-order valence-electron chi connectivity index (χ4n) is 1.08. The topological polar surface area (TPSA) is 87.5 Å². The molecular formula is C10H10N2O4S. The maximum atomic E-state index is 12.0. The minimum Gasteiger partial charge on any atom is -0.256 e. The highest BCUT2D eigenvalue weighted by Gasteiger charge is 2.30. The number of sulfonamides is 1. The molecule has 0 aromatic heterocycles. The van der Waals surface area contributed by atoms with E-state index in [0.29, 0.717) is 0 Å². The van der Waals surface area contributed by atoms with Crippen LogP contribution < -0.4 is 0 Å². The third kappa shape index (κ3) is 2.81. The van der Waals surface area contributed by atoms with Crippen molar-refractivity contribution in [2.45, 2.75) is 11.8 Å². The molecule has 1 rings (SSSR count). The molecule has 0 heterocycles. The Labute approximate surface area is 99.0 Å². The van der Waals surface area contributed by atoms with E-state index in [2.05, 4.69) is 4.84 Å². The summed E-state index contributed by atoms with van der Waals surface area (Å²) >= 11 is 0. The summed E-state index contributed by atoms with van der Waals surface area (Å²) in [6, 6.07) is 8.48. The molecule has 6 nitrogen and oxygen atoms in total. The van der Waals surface area contributed by atoms with Crippen LogP contribution in [0.3, 0.4) is 0 Å². The van der Waals surface area contributed by atoms with E-state index in [1.165, 1.54) is 37.3 Å². The summed E-state index contributed by atoms with van der Waals surface area (Å²) < 4.78 is 24.0. The van der Waals surface area contributed by atoms with Crippen LogP contribution in [0.15, 0.2) is 35.2 Å². The van der Waals surface area contributed by atoms with Gasteiger partial charge in [0.15, 0.2) is 6.07 Å². The van der Waals surface area contributed by atoms with E-state index in [1.807, 2.05) is 0 Å². The molecule has 1 aromatic rings. The number of amides is 1. The molecular weight excluding hydrogens is 244 g/mol. The number of hydroxylamine groups is 1. The second kappa shape index (κ2) is 5.43. The molecule has 0 N–H and O–H groups in total. The summed E-state index contributed by atoms with van der Waals surface area (Å²) in [4.78, 5) is 15.8. The number of benzene rings is 1. The Morgan fingerprint density at radius 3 is 2.47 bits per heavy atom. The molecule has 0 aliphatic rings. The van der Waals surface area contributed by atoms with Crippen molar-refractivity contribution in [2.75, 3.05) is 6.61 Å². The van der Waals surface area contributed by atoms with Crippen LogP contribution >= 0.6 is 0 Å². The number of hydrogen-bond acceptors (Lipinski definition) is 5. The van der Waals surface area contributed by atoms with Gasteiger partial charge in [-0.05, 0) is 19.1 Å². The van der Waals surface area contributed by atoms with Gasteiger partial charge in [0.2, 0.25) is 0 Å². The summed E-state index contributed by atoms with van der Waals surface area (Å²) in [5.74, 6) is -1.28. The first-order valence-corrected chi connectivity index (χ1v) is 6.15. The smallest absolute Gasteiger partial charge is 0.256 e. The van der Waals surface area contributed by atoms with Gasteiger partial charge in [-0.3, -0.25) is 9.63 Å². The maximum Gasteiger partial charge on any atom is 0.363 e. The van der Waals surface area contributed by atoms with Crippen LogP contribution in [-0.2, 0) is 19.7 Å². The van der Waals surface area contributed by atoms with E-state index in [4.69, 9.17) is 5.26 Å². The molecule has 90 valence electrons. The van der Waals surface area contributed by atoms with Crippen LogP contribution in [0, 0.1) is 11.3 Å². The van der Waals surface area contributed by atoms with Gasteiger partial charge < -0.3 is 0 Å². The van der Waals surface area contributed by atoms with Gasteiger partial charge in [0, 0.05) is 0 Å². The zero-order valence-corrected chi connectivity index (χ0v) is 9.85. The largest absolute Gasteiger partial charge is 0.363 e. The average Bonchev–Trinajstić information content (AvgIpc) is 2.36. The Balaban J connectivity index is 3.19. The Hall–Kier alpha value is -1.91. The SMILES string of the molecule is CCON(C(=O)C#N)S(=O)(=O)c1ccccc1. The van der Waals surface area contributed by atoms with Crippen LogP contribution in [0.25, 0.3) is 0 Å². The van der Waals surface area contributed by atoms with E-state index >= 15 is 0 Å². The number of carbonyl (C=O) groups is 1. The van der Waals surface area contributed by atoms with E-state index in [9.17, 15) is 13.2 Å². The van der Waals surface area contributed by atoms with Gasteiger partial charge in [-0.1, -0.05) is 22.7 Å². The molecule has 0 bridgehead atoms. The normalized spacial score (nSPS) is 10.6. The van der Waals surface area contributed by atoms with Gasteiger partial charge >= 0.3 is 5.91 Å². The molecule has 17 heavy (non-hydrogen) atoms. The van der Waals surface area contributed by atoms with Crippen LogP contribution in [0.4, 0.5) is 0 Å². The lowest BCUT2D eigenvalue weighted by molar-refractivity contribution is -0.150. The van der Waals surface area contributed by atoms with E-state index in [0.717, 1.165) is 0 Å². The molecule has 7 heteroatoms. The van der Waals surface area contributed by atoms with Gasteiger partial charge in [0.25, 0.3) is 10.0 Å². The predicted molar refractivity (Wildman–Crippen MR) is 57.7 cm³/mol. The van der Waals surface area contributed by atoms with Crippen LogP contribution in [-0.4, -0.2) is 25.4 Å². The van der Waals surface area contributed by atoms with Crippen molar-refractivity contribution in [2.24, 2.45) is 0 Å². The van der Waals surface area contributed by atoms with E-state index in [1.54, 1.807) is 6.07 Å². The van der Waals surface area contributed by atoms with Gasteiger partial charge in [0.1, 0.15) is 0 Å². The van der Waals surface area contributed by atoms with Gasteiger partial charge in [-0.25, -0.2) is 0 Å². The first kappa shape index (κ1) is 13.2. The summed E-state index contributed by atoms with van der Waals surface area (Å²) in [5.41, 5.74) is 0. The monoisotopic (exact) mass is 254 g/mol. The number of carbonyl (C=O) groups excluding carboxylic acids is 1. The van der Waals surface area contributed by atoms with Crippen molar-refractivity contribution in [1.29, 1.82) is 5.26 Å². The molecule has 0 unspecified atom stereocenters. The molecule has 1 amide bonds. The third-order valence-corrected chi connectivity index (χ3v) is 3.34. The summed E-state index contributed by atoms with van der Waals surface area (Å²) in [7, 11) is -4.14. The number of rotatable bonds is 4. The molecule has 0 spiro atoms. The van der Waals surface area contributed by atoms with Crippen molar-refractivity contribution in [1.82, 2.24) is 4.47 Å². The average molecular weight is 254 g/mol. The van der Waals surface area contributed by atoms with Crippen LogP contribution in [0.1, 0.15) is 6.92 Å². The number of hydrogen-bond donors (Lipinski definition) is 0. The Morgan fingerprint density at radius 1 is 1.41 bits per heavy atom. The minimum atomic E-state index is -4.14. The lowest BCUT2D eigenvalue weighted by atomic mass is 10.4. The number of nitrogens with zero attached hydrogens (tertiary/aromatic N) is 2. The van der Waals surface area contributed by atoms with Crippen molar-refractivity contribution in [3.05, 3.63) is 30.3 Å². The van der Waals surface area contributed by atoms with Gasteiger partial charge in [-0.15, -0.1) is 0 Å². The fraction of sp³-hybridized carbons (Fsp3) is 0.200. The third-order valence-electron chi connectivity index (χ3n) is 1.77. The van der Waals surface area contributed by atoms with Crippen molar-refractivity contribution in [3.63, 3.8) is 0 Å². The minimum absolute atomic E-state index is 0.0422. The summed E-state index contributed by atoms with van der Waals surface area (Å²) in [6.07, 6.45) is 0. The molecule has 1 aromatic carbocycles. The standard InChI is InChI=1S/C10H10N2O4S/c1-2-16-12(10(13)8-11)17(14,15)9-6-4-3-5-7-9/h3-7H,2H2,1H3. The van der Waals surface area contributed by atoms with Gasteiger partial charge in [-0.2, -0.15) is 13.7 Å². The van der Waals surface area contributed by atoms with Gasteiger partial charge in [0.05, 0.1) is 11.5 Å². The van der Waals surface area contributed by atoms with Crippen LogP contribution in [0.5, 0.6) is 0 Å². The Morgan fingerprint density at radius 2 is 2.00 bits per heavy atom. The zero-order valence-electron chi connectivity index (χ0n) is 9.03. The Kier molecular flexibility index (Phi) is 4.20. The summed E-state index contributed by atoms with van der Waals surface area (Å²) in [6.45, 7) is 1.47. The van der Waals surface area contributed by atoms with Crippen molar-refractivity contribution in [3.8, 4) is 6.07 Å². The first-order chi connectivity index (χ1) is 8.04. The molecule has 0 radical (unpaired) electrons. The maximum absolute atomic E-state index is 12.0. The van der Waals surface area contributed by atoms with E-state index in [-0.39, 0.29) is 16.0 Å². The molecule has 0 atom stereocenters. The highest BCUT2D eigenvalue weighted by molar-refractivity contribution is 7.89. The highest BCUT2D eigenvalue weighted by Crippen LogP contribution is 2.15. The molecule has 0 fully saturated rings. The highest BCUT2D eigenvalue weighted by atomic mass is 32.2. The van der Waals surface area contributed by atoms with E-state index < -0.39 is 15.9 Å². The molecule has 0 aliphatic carbocycles. The molecule has 0 aliphatic heterocycles. The Bertz CT molecular complexity index is 533. The first-order valence-electron chi connectivity index (χ1n) is 4.71. The van der Waals surface area contributed by atoms with Crippen molar-refractivity contribution >= 4 is 15.9 Å².